The highest BCUT2D eigenvalue weighted by Crippen LogP contribution is 2.25. The van der Waals surface area contributed by atoms with Gasteiger partial charge < -0.3 is 16.4 Å². The average Bonchev–Trinajstić information content (AvgIpc) is 2.28. The minimum atomic E-state index is -0.446. The fourth-order valence-corrected chi connectivity index (χ4v) is 2.19. The fraction of sp³-hybridized carbons (Fsp3) is 0.167. The largest absolute Gasteiger partial charge is 0.366 e. The molecule has 1 aliphatic heterocycles. The molecule has 1 aromatic rings. The number of hydrogen-bond acceptors (Lipinski definition) is 2. The topological polar surface area (TPSA) is 67.2 Å². The van der Waals surface area contributed by atoms with Crippen LogP contribution in [-0.2, 0) is 4.79 Å². The van der Waals surface area contributed by atoms with Crippen molar-refractivity contribution in [2.24, 2.45) is 5.73 Å². The first kappa shape index (κ1) is 11.6. The van der Waals surface area contributed by atoms with Crippen molar-refractivity contribution in [3.05, 3.63) is 47.2 Å². The lowest BCUT2D eigenvalue weighted by Crippen LogP contribution is -2.46. The number of nitrogens with one attached hydrogen (secondary N) is 2. The third kappa shape index (κ3) is 2.29. The van der Waals surface area contributed by atoms with Crippen molar-refractivity contribution in [1.82, 2.24) is 10.6 Å². The van der Waals surface area contributed by atoms with Crippen LogP contribution < -0.4 is 16.4 Å². The van der Waals surface area contributed by atoms with E-state index in [9.17, 15) is 4.79 Å². The van der Waals surface area contributed by atoms with Crippen molar-refractivity contribution in [2.75, 3.05) is 0 Å². The first-order valence-electron chi connectivity index (χ1n) is 5.22. The highest BCUT2D eigenvalue weighted by atomic mass is 32.1. The fourth-order valence-electron chi connectivity index (χ4n) is 1.92. The summed E-state index contributed by atoms with van der Waals surface area (Å²) in [7, 11) is 0. The second-order valence-electron chi connectivity index (χ2n) is 3.85. The number of benzene rings is 1. The Hall–Kier alpha value is -1.88. The molecule has 0 fully saturated rings. The minimum absolute atomic E-state index is 0.276. The molecule has 0 saturated heterocycles. The standard InChI is InChI=1S/C12H13N3OS/c1-7-9(11(13)16)10(15-12(17)14-7)8-5-3-2-4-6-8/h2-6,10H,1H3,(H2,13,16)(H2,14,15,17)/t10-/m1/s1. The van der Waals surface area contributed by atoms with Gasteiger partial charge in [-0.25, -0.2) is 0 Å². The molecule has 5 heteroatoms. The third-order valence-electron chi connectivity index (χ3n) is 2.67. The molecule has 0 aliphatic carbocycles. The van der Waals surface area contributed by atoms with Gasteiger partial charge in [-0.1, -0.05) is 30.3 Å². The van der Waals surface area contributed by atoms with Crippen molar-refractivity contribution in [2.45, 2.75) is 13.0 Å². The van der Waals surface area contributed by atoms with Crippen molar-refractivity contribution in [3.8, 4) is 0 Å². The second-order valence-corrected chi connectivity index (χ2v) is 4.25. The average molecular weight is 247 g/mol. The molecule has 0 unspecified atom stereocenters. The second kappa shape index (κ2) is 4.55. The Bertz CT molecular complexity index is 496. The summed E-state index contributed by atoms with van der Waals surface area (Å²) in [5.74, 6) is -0.446. The predicted octanol–water partition coefficient (Wildman–Crippen LogP) is 0.965. The maximum atomic E-state index is 11.5. The normalized spacial score (nSPS) is 19.6. The van der Waals surface area contributed by atoms with Crippen LogP contribution in [0.2, 0.25) is 0 Å². The summed E-state index contributed by atoms with van der Waals surface area (Å²) in [5.41, 5.74) is 7.60. The third-order valence-corrected chi connectivity index (χ3v) is 2.89. The van der Waals surface area contributed by atoms with Crippen LogP contribution in [0.3, 0.4) is 0 Å². The molecule has 0 bridgehead atoms. The zero-order valence-corrected chi connectivity index (χ0v) is 10.2. The molecule has 4 N–H and O–H groups in total. The molecule has 88 valence electrons. The maximum absolute atomic E-state index is 11.5. The number of allylic oxidation sites excluding steroid dienone is 1. The van der Waals surface area contributed by atoms with Crippen molar-refractivity contribution >= 4 is 23.2 Å². The van der Waals surface area contributed by atoms with E-state index < -0.39 is 5.91 Å². The zero-order chi connectivity index (χ0) is 12.4. The van der Waals surface area contributed by atoms with Gasteiger partial charge in [-0.05, 0) is 24.7 Å². The van der Waals surface area contributed by atoms with Crippen molar-refractivity contribution in [3.63, 3.8) is 0 Å². The maximum Gasteiger partial charge on any atom is 0.248 e. The molecular formula is C12H13N3OS. The monoisotopic (exact) mass is 247 g/mol. The van der Waals surface area contributed by atoms with Gasteiger partial charge in [-0.2, -0.15) is 0 Å². The van der Waals surface area contributed by atoms with Crippen LogP contribution in [0.15, 0.2) is 41.6 Å². The molecular weight excluding hydrogens is 234 g/mol. The molecule has 2 rings (SSSR count). The molecule has 1 amide bonds. The van der Waals surface area contributed by atoms with Crippen LogP contribution in [0.25, 0.3) is 0 Å². The van der Waals surface area contributed by atoms with Gasteiger partial charge in [0, 0.05) is 5.70 Å². The van der Waals surface area contributed by atoms with Gasteiger partial charge in [0.15, 0.2) is 5.11 Å². The summed E-state index contributed by atoms with van der Waals surface area (Å²) in [5, 5.41) is 6.47. The van der Waals surface area contributed by atoms with Crippen LogP contribution >= 0.6 is 12.2 Å². The van der Waals surface area contributed by atoms with Crippen molar-refractivity contribution in [1.29, 1.82) is 0 Å². The van der Waals surface area contributed by atoms with E-state index in [1.807, 2.05) is 30.3 Å². The van der Waals surface area contributed by atoms with E-state index in [-0.39, 0.29) is 6.04 Å². The number of carbonyl (C=O) groups is 1. The summed E-state index contributed by atoms with van der Waals surface area (Å²) < 4.78 is 0. The number of primary amides is 1. The molecule has 17 heavy (non-hydrogen) atoms. The quantitative estimate of drug-likeness (QED) is 0.681. The summed E-state index contributed by atoms with van der Waals surface area (Å²) in [6.45, 7) is 1.79. The van der Waals surface area contributed by atoms with E-state index in [0.717, 1.165) is 5.56 Å². The van der Waals surface area contributed by atoms with E-state index in [0.29, 0.717) is 16.4 Å². The van der Waals surface area contributed by atoms with E-state index in [2.05, 4.69) is 10.6 Å². The van der Waals surface area contributed by atoms with Gasteiger partial charge in [-0.3, -0.25) is 4.79 Å². The Balaban J connectivity index is 2.47. The van der Waals surface area contributed by atoms with E-state index in [1.54, 1.807) is 6.92 Å². The Labute approximate surface area is 105 Å². The summed E-state index contributed by atoms with van der Waals surface area (Å²) in [6, 6.07) is 9.33. The van der Waals surface area contributed by atoms with Gasteiger partial charge in [0.1, 0.15) is 0 Å². The molecule has 1 aromatic carbocycles. The number of amides is 1. The summed E-state index contributed by atoms with van der Waals surface area (Å²) >= 11 is 5.09. The SMILES string of the molecule is CC1=C(C(N)=O)[C@@H](c2ccccc2)NC(=S)N1. The van der Waals surface area contributed by atoms with Gasteiger partial charge in [-0.15, -0.1) is 0 Å². The number of carbonyl (C=O) groups excluding carboxylic acids is 1. The Morgan fingerprint density at radius 2 is 2.00 bits per heavy atom. The molecule has 1 atom stereocenters. The van der Waals surface area contributed by atoms with Gasteiger partial charge in [0.2, 0.25) is 5.91 Å². The van der Waals surface area contributed by atoms with Gasteiger partial charge >= 0.3 is 0 Å². The van der Waals surface area contributed by atoms with Crippen LogP contribution in [0, 0.1) is 0 Å². The molecule has 4 nitrogen and oxygen atoms in total. The molecule has 0 aromatic heterocycles. The van der Waals surface area contributed by atoms with Crippen LogP contribution in [0.5, 0.6) is 0 Å². The van der Waals surface area contributed by atoms with E-state index in [4.69, 9.17) is 18.0 Å². The first-order chi connectivity index (χ1) is 8.09. The first-order valence-corrected chi connectivity index (χ1v) is 5.63. The Kier molecular flexibility index (Phi) is 3.10. The molecule has 0 saturated carbocycles. The predicted molar refractivity (Wildman–Crippen MR) is 69.9 cm³/mol. The molecule has 1 aliphatic rings. The van der Waals surface area contributed by atoms with E-state index >= 15 is 0 Å². The number of rotatable bonds is 2. The highest BCUT2D eigenvalue weighted by Gasteiger charge is 2.27. The van der Waals surface area contributed by atoms with Crippen molar-refractivity contribution < 1.29 is 4.79 Å². The van der Waals surface area contributed by atoms with Gasteiger partial charge in [0.05, 0.1) is 11.6 Å². The Morgan fingerprint density at radius 3 is 2.59 bits per heavy atom. The molecule has 0 radical (unpaired) electrons. The van der Waals surface area contributed by atoms with Gasteiger partial charge in [0.25, 0.3) is 0 Å². The molecule has 1 heterocycles. The molecule has 0 spiro atoms. The number of thiocarbonyl (C=S) groups is 1. The summed E-state index contributed by atoms with van der Waals surface area (Å²) in [4.78, 5) is 11.5. The van der Waals surface area contributed by atoms with Crippen LogP contribution in [0.4, 0.5) is 0 Å². The van der Waals surface area contributed by atoms with Crippen LogP contribution in [0.1, 0.15) is 18.5 Å². The number of hydrogen-bond donors (Lipinski definition) is 3. The smallest absolute Gasteiger partial charge is 0.248 e. The number of nitrogens with two attached hydrogens (primary N) is 1. The van der Waals surface area contributed by atoms with Crippen LogP contribution in [-0.4, -0.2) is 11.0 Å². The van der Waals surface area contributed by atoms with E-state index in [1.165, 1.54) is 0 Å². The lowest BCUT2D eigenvalue weighted by atomic mass is 9.95. The lowest BCUT2D eigenvalue weighted by Gasteiger charge is -2.29. The zero-order valence-electron chi connectivity index (χ0n) is 9.36. The Morgan fingerprint density at radius 1 is 1.35 bits per heavy atom. The minimum Gasteiger partial charge on any atom is -0.366 e. The lowest BCUT2D eigenvalue weighted by molar-refractivity contribution is -0.115. The summed E-state index contributed by atoms with van der Waals surface area (Å²) in [6.07, 6.45) is 0. The highest BCUT2D eigenvalue weighted by molar-refractivity contribution is 7.80.